The first-order valence-corrected chi connectivity index (χ1v) is 11.5. The van der Waals surface area contributed by atoms with Gasteiger partial charge in [0.1, 0.15) is 17.5 Å². The number of fused-ring (bicyclic) bond motifs is 1. The van der Waals surface area contributed by atoms with Crippen LogP contribution in [-0.2, 0) is 19.6 Å². The Bertz CT molecular complexity index is 1120. The zero-order valence-electron chi connectivity index (χ0n) is 17.0. The molecule has 0 saturated carbocycles. The molecular formula is C21H23N3O6S. The summed E-state index contributed by atoms with van der Waals surface area (Å²) in [6, 6.07) is 10.5. The van der Waals surface area contributed by atoms with Crippen molar-refractivity contribution in [1.82, 2.24) is 4.31 Å². The van der Waals surface area contributed by atoms with Crippen LogP contribution in [0.15, 0.2) is 47.4 Å². The standard InChI is InChI=1S/C21H23N3O6S/c1-2-29-18-8-4-3-6-15(18)23-21(26)17-7-5-11-24(17)31(27,28)14-9-10-19-16(12-14)22-20(25)13-30-19/h3-4,6,8-10,12,17H,2,5,7,11,13H2,1H3,(H,22,25)(H,23,26)/t17-/m1/s1. The van der Waals surface area contributed by atoms with Crippen LogP contribution in [0.2, 0.25) is 0 Å². The van der Waals surface area contributed by atoms with Crippen LogP contribution < -0.4 is 20.1 Å². The van der Waals surface area contributed by atoms with Gasteiger partial charge in [-0.3, -0.25) is 9.59 Å². The molecule has 1 atom stereocenters. The molecule has 0 spiro atoms. The summed E-state index contributed by atoms with van der Waals surface area (Å²) in [5, 5.41) is 5.41. The Morgan fingerprint density at radius 1 is 1.29 bits per heavy atom. The smallest absolute Gasteiger partial charge is 0.262 e. The van der Waals surface area contributed by atoms with Gasteiger partial charge < -0.3 is 20.1 Å². The third-order valence-electron chi connectivity index (χ3n) is 5.14. The Balaban J connectivity index is 1.57. The highest BCUT2D eigenvalue weighted by Gasteiger charge is 2.40. The lowest BCUT2D eigenvalue weighted by Gasteiger charge is -2.25. The SMILES string of the molecule is CCOc1ccccc1NC(=O)[C@H]1CCCN1S(=O)(=O)c1ccc2c(c1)NC(=O)CO2. The van der Waals surface area contributed by atoms with Gasteiger partial charge in [-0.25, -0.2) is 8.42 Å². The Kier molecular flexibility index (Phi) is 5.84. The highest BCUT2D eigenvalue weighted by molar-refractivity contribution is 7.89. The lowest BCUT2D eigenvalue weighted by Crippen LogP contribution is -2.43. The normalized spacial score (nSPS) is 18.6. The predicted molar refractivity (Wildman–Crippen MR) is 114 cm³/mol. The van der Waals surface area contributed by atoms with Gasteiger partial charge in [0.25, 0.3) is 5.91 Å². The van der Waals surface area contributed by atoms with Crippen LogP contribution in [0.4, 0.5) is 11.4 Å². The van der Waals surface area contributed by atoms with Gasteiger partial charge in [-0.15, -0.1) is 0 Å². The fraction of sp³-hybridized carbons (Fsp3) is 0.333. The zero-order valence-corrected chi connectivity index (χ0v) is 17.8. The number of amides is 2. The van der Waals surface area contributed by atoms with Gasteiger partial charge in [0, 0.05) is 6.54 Å². The number of nitrogens with one attached hydrogen (secondary N) is 2. The van der Waals surface area contributed by atoms with Gasteiger partial charge in [-0.05, 0) is 50.1 Å². The summed E-state index contributed by atoms with van der Waals surface area (Å²) in [5.74, 6) is 0.161. The fourth-order valence-electron chi connectivity index (χ4n) is 3.72. The number of ether oxygens (including phenoxy) is 2. The van der Waals surface area contributed by atoms with E-state index < -0.39 is 22.0 Å². The number of hydrogen-bond acceptors (Lipinski definition) is 6. The Hall–Kier alpha value is -3.11. The second-order valence-corrected chi connectivity index (χ2v) is 9.08. The molecule has 31 heavy (non-hydrogen) atoms. The van der Waals surface area contributed by atoms with E-state index >= 15 is 0 Å². The van der Waals surface area contributed by atoms with Crippen LogP contribution in [-0.4, -0.2) is 50.3 Å². The van der Waals surface area contributed by atoms with Crippen molar-refractivity contribution in [2.24, 2.45) is 0 Å². The van der Waals surface area contributed by atoms with Crippen LogP contribution in [0.25, 0.3) is 0 Å². The maximum atomic E-state index is 13.3. The lowest BCUT2D eigenvalue weighted by atomic mass is 10.2. The molecule has 2 aromatic rings. The van der Waals surface area contributed by atoms with Crippen LogP contribution in [0.5, 0.6) is 11.5 Å². The maximum Gasteiger partial charge on any atom is 0.262 e. The number of nitrogens with zero attached hydrogens (tertiary/aromatic N) is 1. The summed E-state index contributed by atoms with van der Waals surface area (Å²) in [4.78, 5) is 24.6. The summed E-state index contributed by atoms with van der Waals surface area (Å²) in [7, 11) is -3.96. The van der Waals surface area contributed by atoms with Crippen molar-refractivity contribution in [3.63, 3.8) is 0 Å². The van der Waals surface area contributed by atoms with E-state index in [1.54, 1.807) is 24.3 Å². The van der Waals surface area contributed by atoms with E-state index in [1.807, 2.05) is 6.92 Å². The zero-order chi connectivity index (χ0) is 22.0. The molecular weight excluding hydrogens is 422 g/mol. The summed E-state index contributed by atoms with van der Waals surface area (Å²) in [6.07, 6.45) is 0.974. The molecule has 2 N–H and O–H groups in total. The minimum absolute atomic E-state index is 0.00790. The van der Waals surface area contributed by atoms with E-state index in [4.69, 9.17) is 9.47 Å². The lowest BCUT2D eigenvalue weighted by molar-refractivity contribution is -0.119. The van der Waals surface area contributed by atoms with Crippen molar-refractivity contribution in [2.75, 3.05) is 30.4 Å². The topological polar surface area (TPSA) is 114 Å². The second kappa shape index (κ2) is 8.56. The first-order chi connectivity index (χ1) is 14.9. The molecule has 0 bridgehead atoms. The molecule has 1 fully saturated rings. The molecule has 2 amide bonds. The van der Waals surface area contributed by atoms with Crippen molar-refractivity contribution in [1.29, 1.82) is 0 Å². The molecule has 0 aliphatic carbocycles. The van der Waals surface area contributed by atoms with Crippen molar-refractivity contribution in [3.8, 4) is 11.5 Å². The van der Waals surface area contributed by atoms with E-state index in [2.05, 4.69) is 10.6 Å². The Labute approximate surface area is 180 Å². The summed E-state index contributed by atoms with van der Waals surface area (Å²) >= 11 is 0. The largest absolute Gasteiger partial charge is 0.492 e. The molecule has 2 aliphatic rings. The fourth-order valence-corrected chi connectivity index (χ4v) is 5.40. The molecule has 2 aliphatic heterocycles. The molecule has 9 nitrogen and oxygen atoms in total. The maximum absolute atomic E-state index is 13.3. The molecule has 164 valence electrons. The number of hydrogen-bond donors (Lipinski definition) is 2. The molecule has 1 saturated heterocycles. The van der Waals surface area contributed by atoms with E-state index in [-0.39, 0.29) is 24.0 Å². The first kappa shape index (κ1) is 21.1. The number of benzene rings is 2. The van der Waals surface area contributed by atoms with E-state index in [1.165, 1.54) is 22.5 Å². The summed E-state index contributed by atoms with van der Waals surface area (Å²) < 4.78 is 38.6. The third kappa shape index (κ3) is 4.21. The number of sulfonamides is 1. The molecule has 0 unspecified atom stereocenters. The van der Waals surface area contributed by atoms with Gasteiger partial charge in [0.05, 0.1) is 22.9 Å². The van der Waals surface area contributed by atoms with Crippen molar-refractivity contribution < 1.29 is 27.5 Å². The molecule has 2 heterocycles. The number of carbonyl (C=O) groups excluding carboxylic acids is 2. The minimum atomic E-state index is -3.96. The number of rotatable bonds is 6. The van der Waals surface area contributed by atoms with Crippen molar-refractivity contribution in [2.45, 2.75) is 30.7 Å². The molecule has 10 heteroatoms. The Morgan fingerprint density at radius 2 is 2.10 bits per heavy atom. The number of anilines is 2. The van der Waals surface area contributed by atoms with Gasteiger partial charge in [-0.2, -0.15) is 4.31 Å². The molecule has 0 radical (unpaired) electrons. The van der Waals surface area contributed by atoms with E-state index in [0.717, 1.165) is 0 Å². The summed E-state index contributed by atoms with van der Waals surface area (Å²) in [5.41, 5.74) is 0.787. The van der Waals surface area contributed by atoms with Crippen molar-refractivity contribution >= 4 is 33.2 Å². The average Bonchev–Trinajstić information content (AvgIpc) is 3.26. The van der Waals surface area contributed by atoms with Crippen LogP contribution in [0, 0.1) is 0 Å². The van der Waals surface area contributed by atoms with E-state index in [9.17, 15) is 18.0 Å². The first-order valence-electron chi connectivity index (χ1n) is 10.0. The van der Waals surface area contributed by atoms with Crippen LogP contribution >= 0.6 is 0 Å². The number of carbonyl (C=O) groups is 2. The highest BCUT2D eigenvalue weighted by Crippen LogP contribution is 2.34. The quantitative estimate of drug-likeness (QED) is 0.705. The van der Waals surface area contributed by atoms with Gasteiger partial charge >= 0.3 is 0 Å². The highest BCUT2D eigenvalue weighted by atomic mass is 32.2. The number of para-hydroxylation sites is 2. The third-order valence-corrected chi connectivity index (χ3v) is 7.05. The predicted octanol–water partition coefficient (Wildman–Crippen LogP) is 2.21. The van der Waals surface area contributed by atoms with Gasteiger partial charge in [0.2, 0.25) is 15.9 Å². The monoisotopic (exact) mass is 445 g/mol. The summed E-state index contributed by atoms with van der Waals surface area (Å²) in [6.45, 7) is 2.40. The second-order valence-electron chi connectivity index (χ2n) is 7.19. The van der Waals surface area contributed by atoms with Crippen LogP contribution in [0.3, 0.4) is 0 Å². The van der Waals surface area contributed by atoms with Crippen LogP contribution in [0.1, 0.15) is 19.8 Å². The van der Waals surface area contributed by atoms with Gasteiger partial charge in [-0.1, -0.05) is 12.1 Å². The molecule has 4 rings (SSSR count). The molecule has 0 aromatic heterocycles. The molecule has 2 aromatic carbocycles. The van der Waals surface area contributed by atoms with E-state index in [0.29, 0.717) is 42.3 Å². The average molecular weight is 445 g/mol. The van der Waals surface area contributed by atoms with Crippen molar-refractivity contribution in [3.05, 3.63) is 42.5 Å². The Morgan fingerprint density at radius 3 is 2.90 bits per heavy atom. The minimum Gasteiger partial charge on any atom is -0.492 e. The van der Waals surface area contributed by atoms with Gasteiger partial charge in [0.15, 0.2) is 6.61 Å².